The number of benzene rings is 1. The van der Waals surface area contributed by atoms with Gasteiger partial charge in [0, 0.05) is 30.8 Å². The lowest BCUT2D eigenvalue weighted by Gasteiger charge is -2.25. The van der Waals surface area contributed by atoms with Crippen molar-refractivity contribution in [3.8, 4) is 11.6 Å². The number of rotatable bonds is 10. The fourth-order valence-electron chi connectivity index (χ4n) is 4.00. The number of ether oxygens (including phenoxy) is 1. The highest BCUT2D eigenvalue weighted by atomic mass is 19.4. The minimum Gasteiger partial charge on any atom is -0.468 e. The molecule has 0 radical (unpaired) electrons. The Morgan fingerprint density at radius 3 is 2.58 bits per heavy atom. The van der Waals surface area contributed by atoms with E-state index in [0.717, 1.165) is 29.9 Å². The molecule has 0 aliphatic heterocycles. The highest BCUT2D eigenvalue weighted by Crippen LogP contribution is 2.33. The highest BCUT2D eigenvalue weighted by molar-refractivity contribution is 5.41. The van der Waals surface area contributed by atoms with E-state index in [1.54, 1.807) is 23.1 Å². The van der Waals surface area contributed by atoms with Crippen LogP contribution in [0.15, 0.2) is 55.2 Å². The first-order valence-corrected chi connectivity index (χ1v) is 11.7. The Kier molecular flexibility index (Phi) is 6.57. The third-order valence-corrected chi connectivity index (χ3v) is 5.89. The Morgan fingerprint density at radius 1 is 1.11 bits per heavy atom. The van der Waals surface area contributed by atoms with Crippen LogP contribution in [0.4, 0.5) is 19.1 Å². The minimum absolute atomic E-state index is 0.0433. The Labute approximate surface area is 205 Å². The number of pyridine rings is 1. The second-order valence-corrected chi connectivity index (χ2v) is 8.59. The standard InChI is InChI=1S/C24H25F3N8O/c1-2-21-31-32-23(34(21)13-18-4-3-11-29-22(18)36-14-24(25,26)27)33(19-9-10-19)12-17-5-7-20(8-6-17)35-16-28-15-30-35/h3-8,11,15-16,19H,2,9-10,12-14H2,1H3. The van der Waals surface area contributed by atoms with Gasteiger partial charge < -0.3 is 9.64 Å². The minimum atomic E-state index is -4.45. The average molecular weight is 499 g/mol. The van der Waals surface area contributed by atoms with Crippen LogP contribution in [0.2, 0.25) is 0 Å². The molecule has 3 heterocycles. The molecule has 9 nitrogen and oxygen atoms in total. The molecular weight excluding hydrogens is 473 g/mol. The van der Waals surface area contributed by atoms with Crippen molar-refractivity contribution >= 4 is 5.95 Å². The number of aryl methyl sites for hydroxylation is 1. The Balaban J connectivity index is 1.40. The van der Waals surface area contributed by atoms with Crippen LogP contribution in [0, 0.1) is 0 Å². The number of nitrogens with zero attached hydrogens (tertiary/aromatic N) is 8. The van der Waals surface area contributed by atoms with Gasteiger partial charge in [0.15, 0.2) is 6.61 Å². The molecule has 188 valence electrons. The lowest BCUT2D eigenvalue weighted by atomic mass is 10.2. The molecule has 1 aromatic carbocycles. The van der Waals surface area contributed by atoms with Gasteiger partial charge >= 0.3 is 6.18 Å². The average Bonchev–Trinajstić information content (AvgIpc) is 3.40. The summed E-state index contributed by atoms with van der Waals surface area (Å²) in [6.45, 7) is 1.44. The number of hydrogen-bond acceptors (Lipinski definition) is 7. The summed E-state index contributed by atoms with van der Waals surface area (Å²) in [7, 11) is 0. The lowest BCUT2D eigenvalue weighted by molar-refractivity contribution is -0.154. The first kappa shape index (κ1) is 23.8. The molecule has 3 aromatic heterocycles. The molecule has 36 heavy (non-hydrogen) atoms. The van der Waals surface area contributed by atoms with Crippen molar-refractivity contribution in [2.45, 2.75) is 51.5 Å². The van der Waals surface area contributed by atoms with Crippen molar-refractivity contribution in [2.24, 2.45) is 0 Å². The maximum absolute atomic E-state index is 12.8. The van der Waals surface area contributed by atoms with Crippen molar-refractivity contribution in [3.05, 3.63) is 72.2 Å². The zero-order chi connectivity index (χ0) is 25.1. The van der Waals surface area contributed by atoms with Crippen LogP contribution < -0.4 is 9.64 Å². The van der Waals surface area contributed by atoms with Crippen molar-refractivity contribution in [1.82, 2.24) is 34.5 Å². The van der Waals surface area contributed by atoms with Crippen molar-refractivity contribution in [2.75, 3.05) is 11.5 Å². The summed E-state index contributed by atoms with van der Waals surface area (Å²) in [5.41, 5.74) is 2.54. The third kappa shape index (κ3) is 5.47. The predicted molar refractivity (Wildman–Crippen MR) is 125 cm³/mol. The van der Waals surface area contributed by atoms with E-state index in [0.29, 0.717) is 30.5 Å². The second-order valence-electron chi connectivity index (χ2n) is 8.59. The number of aromatic nitrogens is 7. The molecule has 0 unspecified atom stereocenters. The summed E-state index contributed by atoms with van der Waals surface area (Å²) in [6.07, 6.45) is 2.81. The largest absolute Gasteiger partial charge is 0.468 e. The van der Waals surface area contributed by atoms with Gasteiger partial charge in [0.05, 0.1) is 12.2 Å². The van der Waals surface area contributed by atoms with E-state index >= 15 is 0 Å². The number of anilines is 1. The number of halogens is 3. The first-order chi connectivity index (χ1) is 17.4. The molecule has 12 heteroatoms. The maximum Gasteiger partial charge on any atom is 0.422 e. The lowest BCUT2D eigenvalue weighted by Crippen LogP contribution is -2.29. The quantitative estimate of drug-likeness (QED) is 0.327. The van der Waals surface area contributed by atoms with Gasteiger partial charge in [-0.1, -0.05) is 25.1 Å². The summed E-state index contributed by atoms with van der Waals surface area (Å²) in [5, 5.41) is 13.0. The van der Waals surface area contributed by atoms with Gasteiger partial charge in [-0.2, -0.15) is 18.3 Å². The van der Waals surface area contributed by atoms with Crippen LogP contribution in [0.3, 0.4) is 0 Å². The second kappa shape index (κ2) is 9.96. The molecule has 0 amide bonds. The van der Waals surface area contributed by atoms with Crippen LogP contribution >= 0.6 is 0 Å². The molecule has 1 fully saturated rings. The summed E-state index contributed by atoms with van der Waals surface area (Å²) in [6, 6.07) is 11.8. The SMILES string of the molecule is CCc1nnc(N(Cc2ccc(-n3cncn3)cc2)C2CC2)n1Cc1cccnc1OCC(F)(F)F. The van der Waals surface area contributed by atoms with E-state index < -0.39 is 12.8 Å². The van der Waals surface area contributed by atoms with Gasteiger partial charge in [0.2, 0.25) is 11.8 Å². The highest BCUT2D eigenvalue weighted by Gasteiger charge is 2.33. The molecule has 0 saturated heterocycles. The van der Waals surface area contributed by atoms with Gasteiger partial charge in [-0.05, 0) is 36.6 Å². The fraction of sp³-hybridized carbons (Fsp3) is 0.375. The van der Waals surface area contributed by atoms with E-state index in [1.165, 1.54) is 12.5 Å². The topological polar surface area (TPSA) is 86.8 Å². The molecule has 0 bridgehead atoms. The van der Waals surface area contributed by atoms with Gasteiger partial charge in [0.1, 0.15) is 18.5 Å². The number of hydrogen-bond donors (Lipinski definition) is 0. The fourth-order valence-corrected chi connectivity index (χ4v) is 4.00. The van der Waals surface area contributed by atoms with Crippen LogP contribution in [0.5, 0.6) is 5.88 Å². The molecule has 1 aliphatic rings. The Bertz CT molecular complexity index is 1280. The van der Waals surface area contributed by atoms with Crippen LogP contribution in [-0.2, 0) is 19.5 Å². The normalized spacial score (nSPS) is 13.7. The van der Waals surface area contributed by atoms with E-state index in [2.05, 4.69) is 30.2 Å². The van der Waals surface area contributed by atoms with E-state index in [1.807, 2.05) is 35.8 Å². The first-order valence-electron chi connectivity index (χ1n) is 11.7. The zero-order valence-corrected chi connectivity index (χ0v) is 19.6. The van der Waals surface area contributed by atoms with Crippen molar-refractivity contribution in [3.63, 3.8) is 0 Å². The van der Waals surface area contributed by atoms with Gasteiger partial charge in [-0.15, -0.1) is 10.2 Å². The molecule has 0 spiro atoms. The van der Waals surface area contributed by atoms with Gasteiger partial charge in [-0.3, -0.25) is 4.57 Å². The Hall–Kier alpha value is -3.96. The predicted octanol–water partition coefficient (Wildman–Crippen LogP) is 3.97. The molecule has 1 aliphatic carbocycles. The molecule has 4 aromatic rings. The van der Waals surface area contributed by atoms with E-state index in [9.17, 15) is 13.2 Å². The molecular formula is C24H25F3N8O. The summed E-state index contributed by atoms with van der Waals surface area (Å²) < 4.78 is 46.9. The van der Waals surface area contributed by atoms with E-state index in [-0.39, 0.29) is 12.4 Å². The molecule has 5 rings (SSSR count). The summed E-state index contributed by atoms with van der Waals surface area (Å²) >= 11 is 0. The summed E-state index contributed by atoms with van der Waals surface area (Å²) in [4.78, 5) is 10.2. The van der Waals surface area contributed by atoms with Gasteiger partial charge in [-0.25, -0.2) is 14.6 Å². The third-order valence-electron chi connectivity index (χ3n) is 5.89. The number of alkyl halides is 3. The Morgan fingerprint density at radius 2 is 1.92 bits per heavy atom. The maximum atomic E-state index is 12.8. The molecule has 0 N–H and O–H groups in total. The summed E-state index contributed by atoms with van der Waals surface area (Å²) in [5.74, 6) is 1.38. The monoisotopic (exact) mass is 498 g/mol. The van der Waals surface area contributed by atoms with Crippen molar-refractivity contribution in [1.29, 1.82) is 0 Å². The van der Waals surface area contributed by atoms with Crippen LogP contribution in [-0.4, -0.2) is 53.3 Å². The van der Waals surface area contributed by atoms with E-state index in [4.69, 9.17) is 4.74 Å². The van der Waals surface area contributed by atoms with Crippen LogP contribution in [0.1, 0.15) is 36.7 Å². The van der Waals surface area contributed by atoms with Gasteiger partial charge in [0.25, 0.3) is 0 Å². The molecule has 0 atom stereocenters. The zero-order valence-electron chi connectivity index (χ0n) is 19.6. The van der Waals surface area contributed by atoms with Crippen LogP contribution in [0.25, 0.3) is 5.69 Å². The van der Waals surface area contributed by atoms with Crippen molar-refractivity contribution < 1.29 is 17.9 Å². The molecule has 1 saturated carbocycles. The smallest absolute Gasteiger partial charge is 0.422 e.